The molecule has 0 radical (unpaired) electrons. The summed E-state index contributed by atoms with van der Waals surface area (Å²) >= 11 is 6.74. The first kappa shape index (κ1) is 38.1. The molecule has 51 heavy (non-hydrogen) atoms. The molecule has 2 aromatic carbocycles. The highest BCUT2D eigenvalue weighted by Crippen LogP contribution is 2.50. The molecule has 2 saturated heterocycles. The zero-order valence-electron chi connectivity index (χ0n) is 30.3. The topological polar surface area (TPSA) is 162 Å². The van der Waals surface area contributed by atoms with Crippen LogP contribution in [0.15, 0.2) is 54.1 Å². The molecule has 0 spiro atoms. The van der Waals surface area contributed by atoms with Gasteiger partial charge in [0.1, 0.15) is 29.7 Å². The summed E-state index contributed by atoms with van der Waals surface area (Å²) in [5.41, 5.74) is 7.12. The van der Waals surface area contributed by atoms with Gasteiger partial charge >= 0.3 is 12.1 Å². The average molecular weight is 726 g/mol. The molecule has 0 saturated carbocycles. The molecule has 13 heteroatoms. The van der Waals surface area contributed by atoms with E-state index in [1.807, 2.05) is 32.1 Å². The Morgan fingerprint density at radius 2 is 1.92 bits per heavy atom. The van der Waals surface area contributed by atoms with E-state index in [4.69, 9.17) is 41.0 Å². The molecule has 7 atom stereocenters. The number of nitrogens with two attached hydrogens (primary N) is 1. The van der Waals surface area contributed by atoms with Gasteiger partial charge in [-0.05, 0) is 50.1 Å². The van der Waals surface area contributed by atoms with E-state index < -0.39 is 59.6 Å². The number of nitrogens with zero attached hydrogens (tertiary/aromatic N) is 1. The summed E-state index contributed by atoms with van der Waals surface area (Å²) in [6.45, 7) is 8.98. The van der Waals surface area contributed by atoms with Crippen LogP contribution in [0.3, 0.4) is 0 Å². The Morgan fingerprint density at radius 3 is 2.57 bits per heavy atom. The highest BCUT2D eigenvalue weighted by Gasteiger charge is 2.64. The number of epoxide rings is 1. The maximum absolute atomic E-state index is 14.4. The van der Waals surface area contributed by atoms with Crippen molar-refractivity contribution in [1.29, 1.82) is 0 Å². The average Bonchev–Trinajstić information content (AvgIpc) is 3.76. The van der Waals surface area contributed by atoms with Gasteiger partial charge in [-0.3, -0.25) is 14.9 Å². The first-order chi connectivity index (χ1) is 24.0. The molecule has 276 valence electrons. The summed E-state index contributed by atoms with van der Waals surface area (Å²) in [6, 6.07) is 8.95. The number of ether oxygens (including phenoxy) is 5. The number of benzene rings is 2. The molecule has 2 amide bonds. The van der Waals surface area contributed by atoms with Crippen LogP contribution in [0.25, 0.3) is 11.1 Å². The molecule has 2 aromatic rings. The quantitative estimate of drug-likeness (QED) is 0.202. The third kappa shape index (κ3) is 7.89. The Hall–Kier alpha value is -4.10. The van der Waals surface area contributed by atoms with Crippen molar-refractivity contribution in [3.05, 3.63) is 64.7 Å². The summed E-state index contributed by atoms with van der Waals surface area (Å²) < 4.78 is 29.5. The predicted molar refractivity (Wildman–Crippen MR) is 193 cm³/mol. The molecule has 0 unspecified atom stereocenters. The lowest BCUT2D eigenvalue weighted by Gasteiger charge is -2.42. The third-order valence-corrected chi connectivity index (χ3v) is 10.3. The number of allylic oxidation sites excluding steroid dienone is 3. The second-order valence-corrected chi connectivity index (χ2v) is 14.6. The van der Waals surface area contributed by atoms with Gasteiger partial charge in [-0.15, -0.1) is 0 Å². The van der Waals surface area contributed by atoms with Gasteiger partial charge in [-0.25, -0.2) is 4.79 Å². The number of halogens is 1. The van der Waals surface area contributed by atoms with Crippen LogP contribution < -0.4 is 20.7 Å². The molecular formula is C38H48ClN3O9. The molecule has 0 aromatic heterocycles. The number of carbonyl (C=O) groups is 3. The van der Waals surface area contributed by atoms with Gasteiger partial charge in [0.2, 0.25) is 5.91 Å². The third-order valence-electron chi connectivity index (χ3n) is 10.0. The second kappa shape index (κ2) is 14.9. The van der Waals surface area contributed by atoms with Crippen molar-refractivity contribution >= 4 is 40.9 Å². The van der Waals surface area contributed by atoms with Crippen LogP contribution in [0.5, 0.6) is 5.75 Å². The number of hydrogen-bond donors (Lipinski definition) is 3. The highest BCUT2D eigenvalue weighted by atomic mass is 35.5. The van der Waals surface area contributed by atoms with Crippen LogP contribution in [0.1, 0.15) is 53.0 Å². The fourth-order valence-electron chi connectivity index (χ4n) is 6.94. The second-order valence-electron chi connectivity index (χ2n) is 14.2. The Labute approximate surface area is 303 Å². The van der Waals surface area contributed by atoms with Crippen LogP contribution in [0.4, 0.5) is 16.2 Å². The van der Waals surface area contributed by atoms with Gasteiger partial charge < -0.3 is 39.4 Å². The van der Waals surface area contributed by atoms with Gasteiger partial charge in [-0.2, -0.15) is 0 Å². The number of hydrogen-bond acceptors (Lipinski definition) is 10. The van der Waals surface area contributed by atoms with Crippen molar-refractivity contribution < 1.29 is 43.2 Å². The maximum atomic E-state index is 14.4. The van der Waals surface area contributed by atoms with E-state index >= 15 is 0 Å². The molecule has 12 nitrogen and oxygen atoms in total. The highest BCUT2D eigenvalue weighted by molar-refractivity contribution is 6.34. The van der Waals surface area contributed by atoms with E-state index in [0.29, 0.717) is 39.7 Å². The van der Waals surface area contributed by atoms with Gasteiger partial charge in [0, 0.05) is 43.3 Å². The van der Waals surface area contributed by atoms with Crippen molar-refractivity contribution in [2.75, 3.05) is 31.9 Å². The minimum Gasteiger partial charge on any atom is -0.496 e. The van der Waals surface area contributed by atoms with Crippen molar-refractivity contribution in [1.82, 2.24) is 5.32 Å². The van der Waals surface area contributed by atoms with Crippen LogP contribution in [0.2, 0.25) is 5.02 Å². The van der Waals surface area contributed by atoms with E-state index in [1.54, 1.807) is 65.3 Å². The summed E-state index contributed by atoms with van der Waals surface area (Å²) in [5.74, 6) is -1.29. The Kier molecular flexibility index (Phi) is 11.1. The summed E-state index contributed by atoms with van der Waals surface area (Å²) in [7, 11) is 4.65. The maximum Gasteiger partial charge on any atom is 0.409 e. The Bertz CT molecular complexity index is 1740. The first-order valence-corrected chi connectivity index (χ1v) is 17.4. The number of alkyl carbamates (subject to hydrolysis) is 1. The van der Waals surface area contributed by atoms with Gasteiger partial charge in [0.05, 0.1) is 36.3 Å². The van der Waals surface area contributed by atoms with Crippen molar-refractivity contribution in [2.24, 2.45) is 11.8 Å². The SMILES string of the molecule is COc1cc2cc(c1-c1ccc(N)cc1Cl)N(C)C(=O)C[C@H](OC(=O)C(C)C)[C@]1(C)O[C@H]1[C@H](C)[C@@H]1C[C@@](O)(NC(=O)O1)[C@H](OC)/C=C/C=C(\C)C2. The molecule has 2 fully saturated rings. The molecule has 4 bridgehead atoms. The fraction of sp³-hybridized carbons (Fsp3) is 0.500. The number of nitrogens with one attached hydrogen (secondary N) is 1. The summed E-state index contributed by atoms with van der Waals surface area (Å²) in [4.78, 5) is 41.7. The molecule has 0 aliphatic carbocycles. The zero-order chi connectivity index (χ0) is 37.4. The standard InChI is InChI=1S/C38H48ClN3O9/c1-20(2)35(44)50-31-18-32(43)42(6)27-15-23(16-28(47-7)33(27)25-13-12-24(40)17-26(25)39)14-21(3)10-9-11-30(48-8)38(46)19-29(49-36(45)41-38)22(4)34-37(31,5)51-34/h9-13,15-17,20,22,29-31,34,46H,14,18-19,40H2,1-8H3,(H,41,45)/b11-9+,21-10+/t22-,29+,30-,31+,34+,37+,38+/m1/s1. The van der Waals surface area contributed by atoms with E-state index in [2.05, 4.69) is 5.32 Å². The van der Waals surface area contributed by atoms with Crippen molar-refractivity contribution in [3.63, 3.8) is 0 Å². The monoisotopic (exact) mass is 725 g/mol. The molecular weight excluding hydrogens is 678 g/mol. The van der Waals surface area contributed by atoms with Crippen LogP contribution in [-0.2, 0) is 35.0 Å². The smallest absolute Gasteiger partial charge is 0.409 e. The summed E-state index contributed by atoms with van der Waals surface area (Å²) in [5, 5.41) is 14.6. The number of aliphatic hydroxyl groups is 1. The van der Waals surface area contributed by atoms with E-state index in [-0.39, 0.29) is 18.7 Å². The lowest BCUT2D eigenvalue weighted by molar-refractivity contribution is -0.157. The van der Waals surface area contributed by atoms with Crippen LogP contribution >= 0.6 is 11.6 Å². The lowest BCUT2D eigenvalue weighted by atomic mass is 9.83. The Balaban J connectivity index is 1.66. The van der Waals surface area contributed by atoms with E-state index in [0.717, 1.165) is 11.1 Å². The van der Waals surface area contributed by atoms with Crippen LogP contribution in [0, 0.1) is 11.8 Å². The number of fused-ring (bicyclic) bond motifs is 5. The number of carbonyl (C=O) groups excluding carboxylic acids is 3. The zero-order valence-corrected chi connectivity index (χ0v) is 31.1. The fourth-order valence-corrected chi connectivity index (χ4v) is 7.22. The molecule has 3 heterocycles. The normalized spacial score (nSPS) is 31.5. The number of anilines is 2. The largest absolute Gasteiger partial charge is 0.496 e. The lowest BCUT2D eigenvalue weighted by Crippen LogP contribution is -2.63. The molecule has 5 rings (SSSR count). The van der Waals surface area contributed by atoms with E-state index in [9.17, 15) is 19.5 Å². The number of rotatable bonds is 5. The number of amides is 2. The van der Waals surface area contributed by atoms with Gasteiger partial charge in [0.25, 0.3) is 0 Å². The molecule has 3 aliphatic rings. The molecule has 3 aliphatic heterocycles. The number of nitrogen functional groups attached to an aromatic ring is 1. The molecule has 4 N–H and O–H groups in total. The number of esters is 1. The van der Waals surface area contributed by atoms with Crippen LogP contribution in [-0.4, -0.2) is 80.1 Å². The van der Waals surface area contributed by atoms with Crippen molar-refractivity contribution in [3.8, 4) is 16.9 Å². The predicted octanol–water partition coefficient (Wildman–Crippen LogP) is 5.57. The first-order valence-electron chi connectivity index (χ1n) is 17.0. The van der Waals surface area contributed by atoms with Crippen molar-refractivity contribution in [2.45, 2.75) is 89.6 Å². The Morgan fingerprint density at radius 1 is 1.20 bits per heavy atom. The van der Waals surface area contributed by atoms with E-state index in [1.165, 1.54) is 12.0 Å². The summed E-state index contributed by atoms with van der Waals surface area (Å²) in [6.07, 6.45) is 1.46. The van der Waals surface area contributed by atoms with Gasteiger partial charge in [0.15, 0.2) is 5.72 Å². The number of methoxy groups -OCH3 is 2. The van der Waals surface area contributed by atoms with Gasteiger partial charge in [-0.1, -0.05) is 62.2 Å². The minimum atomic E-state index is -1.79. The minimum absolute atomic E-state index is 0.0123.